The minimum Gasteiger partial charge on any atom is -0.356 e. The van der Waals surface area contributed by atoms with E-state index in [4.69, 9.17) is 0 Å². The number of hydrogen-bond acceptors (Lipinski definition) is 3. The number of anilines is 1. The number of hydrogen-bond donors (Lipinski definition) is 3. The van der Waals surface area contributed by atoms with E-state index in [1.807, 2.05) is 30.3 Å². The third-order valence-electron chi connectivity index (χ3n) is 3.59. The fourth-order valence-electron chi connectivity index (χ4n) is 2.45. The number of aromatic amines is 1. The number of benzene rings is 1. The lowest BCUT2D eigenvalue weighted by molar-refractivity contribution is -0.129. The second-order valence-electron chi connectivity index (χ2n) is 5.05. The van der Waals surface area contributed by atoms with Crippen molar-refractivity contribution in [2.45, 2.75) is 12.8 Å². The molecule has 2 aromatic rings. The fourth-order valence-corrected chi connectivity index (χ4v) is 2.45. The molecule has 108 valence electrons. The van der Waals surface area contributed by atoms with Gasteiger partial charge in [0.25, 0.3) is 0 Å². The molecule has 0 bridgehead atoms. The van der Waals surface area contributed by atoms with Gasteiger partial charge in [-0.1, -0.05) is 30.3 Å². The van der Waals surface area contributed by atoms with Crippen molar-refractivity contribution >= 4 is 17.6 Å². The van der Waals surface area contributed by atoms with Crippen LogP contribution in [0.5, 0.6) is 0 Å². The van der Waals surface area contributed by atoms with E-state index in [9.17, 15) is 9.59 Å². The van der Waals surface area contributed by atoms with Crippen molar-refractivity contribution in [3.8, 4) is 11.1 Å². The molecule has 1 aromatic carbocycles. The van der Waals surface area contributed by atoms with Gasteiger partial charge in [-0.3, -0.25) is 14.7 Å². The highest BCUT2D eigenvalue weighted by atomic mass is 16.2. The second kappa shape index (κ2) is 5.78. The summed E-state index contributed by atoms with van der Waals surface area (Å²) in [4.78, 5) is 23.6. The van der Waals surface area contributed by atoms with E-state index in [-0.39, 0.29) is 24.2 Å². The molecular weight excluding hydrogens is 268 g/mol. The molecule has 1 saturated heterocycles. The Kier molecular flexibility index (Phi) is 3.68. The van der Waals surface area contributed by atoms with E-state index in [0.717, 1.165) is 11.1 Å². The van der Waals surface area contributed by atoms with Crippen molar-refractivity contribution in [1.82, 2.24) is 15.5 Å². The highest BCUT2D eigenvalue weighted by Crippen LogP contribution is 2.26. The molecule has 2 amide bonds. The van der Waals surface area contributed by atoms with Crippen molar-refractivity contribution in [3.63, 3.8) is 0 Å². The first-order chi connectivity index (χ1) is 10.2. The summed E-state index contributed by atoms with van der Waals surface area (Å²) < 4.78 is 0. The van der Waals surface area contributed by atoms with E-state index in [1.54, 1.807) is 6.20 Å². The zero-order valence-corrected chi connectivity index (χ0v) is 11.4. The molecule has 2 heterocycles. The zero-order chi connectivity index (χ0) is 14.7. The highest BCUT2D eigenvalue weighted by molar-refractivity contribution is 5.97. The fraction of sp³-hybridized carbons (Fsp3) is 0.267. The third kappa shape index (κ3) is 2.94. The first-order valence-corrected chi connectivity index (χ1v) is 6.90. The first-order valence-electron chi connectivity index (χ1n) is 6.90. The van der Waals surface area contributed by atoms with E-state index < -0.39 is 0 Å². The maximum Gasteiger partial charge on any atom is 0.229 e. The Hall–Kier alpha value is -2.63. The largest absolute Gasteiger partial charge is 0.356 e. The van der Waals surface area contributed by atoms with Crippen molar-refractivity contribution < 1.29 is 9.59 Å². The maximum atomic E-state index is 12.3. The lowest BCUT2D eigenvalue weighted by atomic mass is 9.96. The number of piperidine rings is 1. The van der Waals surface area contributed by atoms with Crippen LogP contribution in [0.25, 0.3) is 11.1 Å². The van der Waals surface area contributed by atoms with Gasteiger partial charge in [0.1, 0.15) is 5.82 Å². The van der Waals surface area contributed by atoms with Gasteiger partial charge in [-0.25, -0.2) is 0 Å². The summed E-state index contributed by atoms with van der Waals surface area (Å²) >= 11 is 0. The van der Waals surface area contributed by atoms with Crippen molar-refractivity contribution in [2.24, 2.45) is 5.92 Å². The molecular formula is C15H16N4O2. The van der Waals surface area contributed by atoms with Crippen LogP contribution in [0.1, 0.15) is 12.8 Å². The molecule has 1 fully saturated rings. The Labute approximate surface area is 121 Å². The molecule has 0 saturated carbocycles. The highest BCUT2D eigenvalue weighted by Gasteiger charge is 2.26. The molecule has 3 N–H and O–H groups in total. The maximum absolute atomic E-state index is 12.3. The number of carbonyl (C=O) groups is 2. The van der Waals surface area contributed by atoms with E-state index in [0.29, 0.717) is 18.8 Å². The first kappa shape index (κ1) is 13.4. The SMILES string of the molecule is O=C1CC(C(=O)Nc2[nH]ncc2-c2ccccc2)CCN1. The topological polar surface area (TPSA) is 86.9 Å². The number of amides is 2. The Morgan fingerprint density at radius 2 is 2.10 bits per heavy atom. The van der Waals surface area contributed by atoms with Gasteiger partial charge in [0.05, 0.1) is 6.20 Å². The van der Waals surface area contributed by atoms with Crippen LogP contribution in [0.15, 0.2) is 36.5 Å². The average Bonchev–Trinajstić information content (AvgIpc) is 2.96. The molecule has 21 heavy (non-hydrogen) atoms. The van der Waals surface area contributed by atoms with Crippen molar-refractivity contribution in [2.75, 3.05) is 11.9 Å². The summed E-state index contributed by atoms with van der Waals surface area (Å²) in [6.45, 7) is 0.547. The summed E-state index contributed by atoms with van der Waals surface area (Å²) in [7, 11) is 0. The summed E-state index contributed by atoms with van der Waals surface area (Å²) in [5.74, 6) is 0.0587. The van der Waals surface area contributed by atoms with Crippen LogP contribution in [-0.2, 0) is 9.59 Å². The minimum atomic E-state index is -0.286. The van der Waals surface area contributed by atoms with Gasteiger partial charge >= 0.3 is 0 Å². The molecule has 1 aromatic heterocycles. The lowest BCUT2D eigenvalue weighted by Gasteiger charge is -2.21. The monoisotopic (exact) mass is 284 g/mol. The van der Waals surface area contributed by atoms with Gasteiger partial charge in [-0.2, -0.15) is 5.10 Å². The van der Waals surface area contributed by atoms with Crippen molar-refractivity contribution in [1.29, 1.82) is 0 Å². The predicted octanol–water partition coefficient (Wildman–Crippen LogP) is 1.54. The van der Waals surface area contributed by atoms with Crippen LogP contribution in [0.3, 0.4) is 0 Å². The lowest BCUT2D eigenvalue weighted by Crippen LogP contribution is -2.38. The summed E-state index contributed by atoms with van der Waals surface area (Å²) in [5.41, 5.74) is 1.81. The van der Waals surface area contributed by atoms with E-state index in [2.05, 4.69) is 20.8 Å². The normalized spacial score (nSPS) is 18.1. The van der Waals surface area contributed by atoms with Gasteiger partial charge in [0, 0.05) is 24.4 Å². The van der Waals surface area contributed by atoms with Crippen LogP contribution in [0.4, 0.5) is 5.82 Å². The van der Waals surface area contributed by atoms with E-state index in [1.165, 1.54) is 0 Å². The molecule has 1 aliphatic heterocycles. The van der Waals surface area contributed by atoms with Crippen molar-refractivity contribution in [3.05, 3.63) is 36.5 Å². The molecule has 1 unspecified atom stereocenters. The Morgan fingerprint density at radius 3 is 2.86 bits per heavy atom. The smallest absolute Gasteiger partial charge is 0.229 e. The Bertz CT molecular complexity index is 651. The third-order valence-corrected chi connectivity index (χ3v) is 3.59. The van der Waals surface area contributed by atoms with Gasteiger partial charge in [-0.05, 0) is 12.0 Å². The molecule has 1 aliphatic rings. The van der Waals surface area contributed by atoms with Crippen LogP contribution in [0.2, 0.25) is 0 Å². The number of aromatic nitrogens is 2. The molecule has 6 heteroatoms. The number of carbonyl (C=O) groups excluding carboxylic acids is 2. The molecule has 6 nitrogen and oxygen atoms in total. The molecule has 1 atom stereocenters. The van der Waals surface area contributed by atoms with E-state index >= 15 is 0 Å². The molecule has 0 aliphatic carbocycles. The number of nitrogens with zero attached hydrogens (tertiary/aromatic N) is 1. The Morgan fingerprint density at radius 1 is 1.29 bits per heavy atom. The number of H-pyrrole nitrogens is 1. The molecule has 0 spiro atoms. The molecule has 0 radical (unpaired) electrons. The van der Waals surface area contributed by atoms with Gasteiger partial charge in [0.15, 0.2) is 0 Å². The van der Waals surface area contributed by atoms with Crippen LogP contribution >= 0.6 is 0 Å². The van der Waals surface area contributed by atoms with Crippen LogP contribution < -0.4 is 10.6 Å². The minimum absolute atomic E-state index is 0.0747. The quantitative estimate of drug-likeness (QED) is 0.799. The standard InChI is InChI=1S/C15H16N4O2/c20-13-8-11(6-7-16-13)15(21)18-14-12(9-17-19-14)10-4-2-1-3-5-10/h1-5,9,11H,6-8H2,(H,16,20)(H2,17,18,19,21). The Balaban J connectivity index is 1.75. The van der Waals surface area contributed by atoms with Gasteiger partial charge < -0.3 is 10.6 Å². The summed E-state index contributed by atoms with van der Waals surface area (Å²) in [6.07, 6.45) is 2.57. The van der Waals surface area contributed by atoms with Crippen LogP contribution in [-0.4, -0.2) is 28.6 Å². The summed E-state index contributed by atoms with van der Waals surface area (Å²) in [5, 5.41) is 12.4. The second-order valence-corrected chi connectivity index (χ2v) is 5.05. The zero-order valence-electron chi connectivity index (χ0n) is 11.4. The summed E-state index contributed by atoms with van der Waals surface area (Å²) in [6, 6.07) is 9.70. The van der Waals surface area contributed by atoms with Gasteiger partial charge in [-0.15, -0.1) is 0 Å². The van der Waals surface area contributed by atoms with Crippen LogP contribution in [0, 0.1) is 5.92 Å². The molecule has 3 rings (SSSR count). The van der Waals surface area contributed by atoms with Gasteiger partial charge in [0.2, 0.25) is 11.8 Å². The average molecular weight is 284 g/mol. The number of nitrogens with one attached hydrogen (secondary N) is 3. The number of rotatable bonds is 3. The predicted molar refractivity (Wildman–Crippen MR) is 78.4 cm³/mol.